The largest absolute Gasteiger partial charge is 0.322 e. The van der Waals surface area contributed by atoms with Gasteiger partial charge in [-0.25, -0.2) is 4.79 Å². The van der Waals surface area contributed by atoms with Crippen LogP contribution in [-0.2, 0) is 4.79 Å². The van der Waals surface area contributed by atoms with Gasteiger partial charge in [-0.2, -0.15) is 0 Å². The molecule has 2 N–H and O–H groups in total. The molecule has 3 amide bonds. The average Bonchev–Trinajstić information content (AvgIpc) is 2.43. The van der Waals surface area contributed by atoms with Crippen LogP contribution in [-0.4, -0.2) is 35.7 Å². The lowest BCUT2D eigenvalue weighted by atomic mass is 10.00. The van der Waals surface area contributed by atoms with E-state index < -0.39 is 17.5 Å². The zero-order valence-electron chi connectivity index (χ0n) is 6.26. The van der Waals surface area contributed by atoms with Crippen LogP contribution in [0.15, 0.2) is 0 Å². The van der Waals surface area contributed by atoms with Crippen LogP contribution in [0.5, 0.6) is 0 Å². The molecule has 2 aliphatic rings. The lowest BCUT2D eigenvalue weighted by molar-refractivity contribution is -0.124. The molecule has 6 heteroatoms. The number of hydrogen-bond acceptors (Lipinski definition) is 3. The molecule has 0 aromatic carbocycles. The smallest absolute Gasteiger partial charge is 0.322 e. The summed E-state index contributed by atoms with van der Waals surface area (Å²) in [5.41, 5.74) is -1.01. The molecule has 2 aliphatic heterocycles. The van der Waals surface area contributed by atoms with Crippen molar-refractivity contribution in [3.63, 3.8) is 0 Å². The van der Waals surface area contributed by atoms with Crippen LogP contribution in [0.3, 0.4) is 0 Å². The fourth-order valence-corrected chi connectivity index (χ4v) is 1.58. The Bertz CT molecular complexity index is 257. The zero-order valence-corrected chi connectivity index (χ0v) is 6.26. The summed E-state index contributed by atoms with van der Waals surface area (Å²) in [5, 5.41) is 5.05. The average molecular weight is 173 g/mol. The summed E-state index contributed by atoms with van der Waals surface area (Å²) in [6.07, 6.45) is 0.334. The number of amides is 3. The highest BCUT2D eigenvalue weighted by molar-refractivity contribution is 6.07. The monoisotopic (exact) mass is 173 g/mol. The lowest BCUT2D eigenvalue weighted by Crippen LogP contribution is -2.48. The highest BCUT2D eigenvalue weighted by atomic mass is 19.2. The first-order chi connectivity index (χ1) is 5.62. The molecule has 12 heavy (non-hydrogen) atoms. The molecule has 66 valence electrons. The summed E-state index contributed by atoms with van der Waals surface area (Å²) in [6, 6.07) is -0.532. The van der Waals surface area contributed by atoms with E-state index in [0.717, 1.165) is 0 Å². The van der Waals surface area contributed by atoms with Crippen LogP contribution in [0.1, 0.15) is 6.42 Å². The van der Waals surface area contributed by atoms with Crippen LogP contribution in [0.25, 0.3) is 0 Å². The van der Waals surface area contributed by atoms with Crippen LogP contribution in [0.4, 0.5) is 9.28 Å². The zero-order chi connectivity index (χ0) is 8.77. The fraction of sp³-hybridized carbons (Fsp3) is 0.667. The maximum absolute atomic E-state index is 12.6. The molecule has 2 heterocycles. The van der Waals surface area contributed by atoms with Gasteiger partial charge in [0, 0.05) is 6.54 Å². The molecule has 2 fully saturated rings. The van der Waals surface area contributed by atoms with E-state index in [1.807, 2.05) is 0 Å². The van der Waals surface area contributed by atoms with Crippen molar-refractivity contribution in [3.05, 3.63) is 0 Å². The van der Waals surface area contributed by atoms with Crippen LogP contribution in [0.2, 0.25) is 0 Å². The van der Waals surface area contributed by atoms with Crippen LogP contribution >= 0.6 is 0 Å². The first-order valence-electron chi connectivity index (χ1n) is 3.67. The van der Waals surface area contributed by atoms with E-state index >= 15 is 0 Å². The molecule has 1 atom stereocenters. The van der Waals surface area contributed by atoms with Crippen molar-refractivity contribution in [3.8, 4) is 0 Å². The Labute approximate surface area is 67.8 Å². The van der Waals surface area contributed by atoms with E-state index in [9.17, 15) is 14.1 Å². The van der Waals surface area contributed by atoms with E-state index in [4.69, 9.17) is 0 Å². The number of urea groups is 1. The second-order valence-electron chi connectivity index (χ2n) is 3.08. The lowest BCUT2D eigenvalue weighted by Gasteiger charge is -2.17. The third-order valence-electron chi connectivity index (χ3n) is 2.24. The van der Waals surface area contributed by atoms with Gasteiger partial charge in [0.15, 0.2) is 0 Å². The third kappa shape index (κ3) is 0.878. The first kappa shape index (κ1) is 7.48. The van der Waals surface area contributed by atoms with E-state index in [1.165, 1.54) is 0 Å². The SMILES string of the molecule is O=C1NC(=O)C2(CCN(F)C2)N1. The molecule has 2 rings (SSSR count). The van der Waals surface area contributed by atoms with Gasteiger partial charge in [-0.05, 0) is 6.42 Å². The van der Waals surface area contributed by atoms with Crippen LogP contribution in [0, 0.1) is 0 Å². The van der Waals surface area contributed by atoms with Crippen LogP contribution < -0.4 is 10.6 Å². The molecule has 0 bridgehead atoms. The van der Waals surface area contributed by atoms with Crippen molar-refractivity contribution in [1.29, 1.82) is 0 Å². The number of hydrogen-bond donors (Lipinski definition) is 2. The Morgan fingerprint density at radius 3 is 2.67 bits per heavy atom. The molecule has 2 saturated heterocycles. The van der Waals surface area contributed by atoms with Gasteiger partial charge in [0.1, 0.15) is 5.54 Å². The van der Waals surface area contributed by atoms with Gasteiger partial charge in [-0.15, -0.1) is 9.60 Å². The number of carbonyl (C=O) groups excluding carboxylic acids is 2. The van der Waals surface area contributed by atoms with Crippen molar-refractivity contribution >= 4 is 11.9 Å². The predicted octanol–water partition coefficient (Wildman–Crippen LogP) is -0.845. The van der Waals surface area contributed by atoms with Gasteiger partial charge in [-0.1, -0.05) is 0 Å². The highest BCUT2D eigenvalue weighted by Crippen LogP contribution is 2.24. The maximum atomic E-state index is 12.6. The standard InChI is InChI=1S/C6H8FN3O2/c7-10-2-1-6(3-10)4(11)8-5(12)9-6/h1-3H2,(H2,8,9,11,12). The predicted molar refractivity (Wildman–Crippen MR) is 36.7 cm³/mol. The van der Waals surface area contributed by atoms with Gasteiger partial charge in [0.05, 0.1) is 6.54 Å². The van der Waals surface area contributed by atoms with Crippen molar-refractivity contribution in [2.24, 2.45) is 0 Å². The summed E-state index contributed by atoms with van der Waals surface area (Å²) < 4.78 is 12.6. The Morgan fingerprint density at radius 1 is 1.50 bits per heavy atom. The summed E-state index contributed by atoms with van der Waals surface area (Å²) in [6.45, 7) is 0.137. The minimum absolute atomic E-state index is 0.0510. The molecular weight excluding hydrogens is 165 g/mol. The minimum atomic E-state index is -1.01. The third-order valence-corrected chi connectivity index (χ3v) is 2.24. The highest BCUT2D eigenvalue weighted by Gasteiger charge is 2.50. The van der Waals surface area contributed by atoms with Crippen molar-refractivity contribution < 1.29 is 14.1 Å². The molecule has 0 radical (unpaired) electrons. The maximum Gasteiger partial charge on any atom is 0.322 e. The van der Waals surface area contributed by atoms with Gasteiger partial charge in [-0.3, -0.25) is 10.1 Å². The second kappa shape index (κ2) is 2.16. The molecular formula is C6H8FN3O2. The van der Waals surface area contributed by atoms with Gasteiger partial charge in [0.25, 0.3) is 5.91 Å². The fourth-order valence-electron chi connectivity index (χ4n) is 1.58. The van der Waals surface area contributed by atoms with Crippen molar-refractivity contribution in [2.45, 2.75) is 12.0 Å². The Kier molecular flexibility index (Phi) is 1.35. The number of nitrogens with one attached hydrogen (secondary N) is 2. The summed E-state index contributed by atoms with van der Waals surface area (Å²) in [4.78, 5) is 21.9. The van der Waals surface area contributed by atoms with E-state index in [1.54, 1.807) is 0 Å². The molecule has 0 aromatic heterocycles. The minimum Gasteiger partial charge on any atom is -0.322 e. The second-order valence-corrected chi connectivity index (χ2v) is 3.08. The normalized spacial score (nSPS) is 35.8. The number of rotatable bonds is 0. The summed E-state index contributed by atoms with van der Waals surface area (Å²) in [7, 11) is 0. The molecule has 1 unspecified atom stereocenters. The van der Waals surface area contributed by atoms with Crippen molar-refractivity contribution in [2.75, 3.05) is 13.1 Å². The quantitative estimate of drug-likeness (QED) is 0.370. The van der Waals surface area contributed by atoms with E-state index in [-0.39, 0.29) is 13.1 Å². The van der Waals surface area contributed by atoms with E-state index in [0.29, 0.717) is 11.5 Å². The Morgan fingerprint density at radius 2 is 2.25 bits per heavy atom. The molecule has 1 spiro atoms. The Balaban J connectivity index is 2.22. The topological polar surface area (TPSA) is 61.4 Å². The molecule has 0 aliphatic carbocycles. The molecule has 0 saturated carbocycles. The first-order valence-corrected chi connectivity index (χ1v) is 3.67. The summed E-state index contributed by atoms with van der Waals surface area (Å²) >= 11 is 0. The number of carbonyl (C=O) groups is 2. The number of halogens is 1. The summed E-state index contributed by atoms with van der Waals surface area (Å²) in [5.74, 6) is -0.423. The van der Waals surface area contributed by atoms with E-state index in [2.05, 4.69) is 10.6 Å². The van der Waals surface area contributed by atoms with Gasteiger partial charge >= 0.3 is 6.03 Å². The molecule has 5 nitrogen and oxygen atoms in total. The van der Waals surface area contributed by atoms with Gasteiger partial charge < -0.3 is 5.32 Å². The Hall–Kier alpha value is -1.17. The molecule has 0 aromatic rings. The number of nitrogens with zero attached hydrogens (tertiary/aromatic N) is 1. The van der Waals surface area contributed by atoms with Crippen molar-refractivity contribution in [1.82, 2.24) is 15.8 Å². The van der Waals surface area contributed by atoms with Gasteiger partial charge in [0.2, 0.25) is 0 Å². The number of imide groups is 1.